The number of ether oxygens (including phenoxy) is 3. The fraction of sp³-hybridized carbons (Fsp3) is 0.524. The maximum Gasteiger partial charge on any atom is 0.163 e. The van der Waals surface area contributed by atoms with E-state index in [0.29, 0.717) is 37.0 Å². The molecule has 0 aliphatic rings. The van der Waals surface area contributed by atoms with Gasteiger partial charge in [0.25, 0.3) is 0 Å². The second kappa shape index (κ2) is 13.1. The monoisotopic (exact) mass is 378 g/mol. The molecule has 152 valence electrons. The van der Waals surface area contributed by atoms with E-state index in [2.05, 4.69) is 24.1 Å². The number of anilines is 1. The first kappa shape index (κ1) is 22.9. The molecule has 0 bridgehead atoms. The summed E-state index contributed by atoms with van der Waals surface area (Å²) >= 11 is 0. The van der Waals surface area contributed by atoms with E-state index in [1.165, 1.54) is 0 Å². The quantitative estimate of drug-likeness (QED) is 0.198. The van der Waals surface area contributed by atoms with Crippen molar-refractivity contribution in [3.8, 4) is 11.5 Å². The molecule has 1 aromatic rings. The Morgan fingerprint density at radius 2 is 2.04 bits per heavy atom. The van der Waals surface area contributed by atoms with Crippen molar-refractivity contribution in [2.45, 2.75) is 39.3 Å². The summed E-state index contributed by atoms with van der Waals surface area (Å²) < 4.78 is 16.3. The fourth-order valence-electron chi connectivity index (χ4n) is 2.44. The molecule has 1 aromatic carbocycles. The molecule has 3 N–H and O–H groups in total. The first-order valence-electron chi connectivity index (χ1n) is 9.40. The van der Waals surface area contributed by atoms with E-state index in [9.17, 15) is 5.11 Å². The van der Waals surface area contributed by atoms with Crippen LogP contribution in [0.1, 0.15) is 33.1 Å². The lowest BCUT2D eigenvalue weighted by molar-refractivity contribution is 0.153. The van der Waals surface area contributed by atoms with Crippen LogP contribution >= 0.6 is 0 Å². The summed E-state index contributed by atoms with van der Waals surface area (Å²) in [6.45, 7) is 9.37. The van der Waals surface area contributed by atoms with Gasteiger partial charge in [-0.1, -0.05) is 32.4 Å². The molecule has 6 heteroatoms. The number of benzene rings is 1. The average molecular weight is 379 g/mol. The summed E-state index contributed by atoms with van der Waals surface area (Å²) in [7, 11) is 3.21. The highest BCUT2D eigenvalue weighted by molar-refractivity contribution is 5.54. The molecule has 0 fully saturated rings. The van der Waals surface area contributed by atoms with Gasteiger partial charge < -0.3 is 24.6 Å². The van der Waals surface area contributed by atoms with Crippen molar-refractivity contribution in [2.75, 3.05) is 39.2 Å². The number of methoxy groups -OCH3 is 2. The van der Waals surface area contributed by atoms with Crippen LogP contribution in [0.3, 0.4) is 0 Å². The predicted octanol–water partition coefficient (Wildman–Crippen LogP) is 3.69. The Labute approximate surface area is 163 Å². The van der Waals surface area contributed by atoms with E-state index in [4.69, 9.17) is 14.2 Å². The maximum atomic E-state index is 10.2. The van der Waals surface area contributed by atoms with Crippen LogP contribution < -0.4 is 20.1 Å². The lowest BCUT2D eigenvalue weighted by atomic mass is 10.2. The normalized spacial score (nSPS) is 12.4. The lowest BCUT2D eigenvalue weighted by Crippen LogP contribution is -2.36. The Balaban J connectivity index is 2.54. The zero-order chi connectivity index (χ0) is 20.1. The van der Waals surface area contributed by atoms with Crippen molar-refractivity contribution >= 4 is 5.69 Å². The molecule has 1 atom stereocenters. The number of unbranched alkanes of at least 4 members (excludes halogenated alkanes) is 2. The van der Waals surface area contributed by atoms with Gasteiger partial charge in [0, 0.05) is 23.9 Å². The number of hydrogen-bond donors (Lipinski definition) is 3. The molecular weight excluding hydrogens is 344 g/mol. The highest BCUT2D eigenvalue weighted by Gasteiger charge is 2.09. The minimum Gasteiger partial charge on any atom is -0.497 e. The standard InChI is InChI=1S/C21H34N2O4/c1-6-8-9-12-27-20-13-18(10-11-19(20)26-5)22-15-21(24)23-14-17(7-2)16(3)25-4/h7,10-11,13,21-24H,3,6,8-9,12,14-15H2,1-2,4-5H3/b17-7-. The van der Waals surface area contributed by atoms with Gasteiger partial charge in [0.2, 0.25) is 0 Å². The Morgan fingerprint density at radius 1 is 1.26 bits per heavy atom. The second-order valence-corrected chi connectivity index (χ2v) is 6.14. The smallest absolute Gasteiger partial charge is 0.163 e. The van der Waals surface area contributed by atoms with Gasteiger partial charge in [0.1, 0.15) is 12.0 Å². The van der Waals surface area contributed by atoms with Gasteiger partial charge in [0.15, 0.2) is 11.5 Å². The largest absolute Gasteiger partial charge is 0.497 e. The number of hydrogen-bond acceptors (Lipinski definition) is 6. The van der Waals surface area contributed by atoms with Crippen molar-refractivity contribution in [3.63, 3.8) is 0 Å². The molecule has 0 amide bonds. The lowest BCUT2D eigenvalue weighted by Gasteiger charge is -2.17. The molecule has 0 saturated heterocycles. The summed E-state index contributed by atoms with van der Waals surface area (Å²) in [4.78, 5) is 0. The summed E-state index contributed by atoms with van der Waals surface area (Å²) in [5.74, 6) is 1.99. The minimum atomic E-state index is -0.722. The first-order valence-corrected chi connectivity index (χ1v) is 9.40. The number of aliphatic hydroxyl groups is 1. The van der Waals surface area contributed by atoms with Gasteiger partial charge in [-0.15, -0.1) is 0 Å². The van der Waals surface area contributed by atoms with E-state index >= 15 is 0 Å². The molecule has 0 radical (unpaired) electrons. The molecule has 0 aromatic heterocycles. The second-order valence-electron chi connectivity index (χ2n) is 6.14. The van der Waals surface area contributed by atoms with Crippen molar-refractivity contribution in [3.05, 3.63) is 42.2 Å². The molecule has 1 rings (SSSR count). The number of aliphatic hydroxyl groups excluding tert-OH is 1. The van der Waals surface area contributed by atoms with E-state index in [-0.39, 0.29) is 0 Å². The third kappa shape index (κ3) is 8.37. The molecular formula is C21H34N2O4. The van der Waals surface area contributed by atoms with Crippen LogP contribution in [0.2, 0.25) is 0 Å². The van der Waals surface area contributed by atoms with Crippen LogP contribution in [-0.4, -0.2) is 45.3 Å². The van der Waals surface area contributed by atoms with Crippen molar-refractivity contribution in [2.24, 2.45) is 0 Å². The Hall–Kier alpha value is -2.18. The van der Waals surface area contributed by atoms with E-state index in [0.717, 1.165) is 30.5 Å². The Bertz CT molecular complexity index is 602. The zero-order valence-corrected chi connectivity index (χ0v) is 17.0. The van der Waals surface area contributed by atoms with Crippen molar-refractivity contribution in [1.82, 2.24) is 5.32 Å². The van der Waals surface area contributed by atoms with Crippen LogP contribution in [0.5, 0.6) is 11.5 Å². The maximum absolute atomic E-state index is 10.2. The molecule has 0 saturated carbocycles. The molecule has 27 heavy (non-hydrogen) atoms. The molecule has 0 spiro atoms. The van der Waals surface area contributed by atoms with Crippen LogP contribution in [0, 0.1) is 0 Å². The van der Waals surface area contributed by atoms with Gasteiger partial charge in [-0.05, 0) is 25.5 Å². The van der Waals surface area contributed by atoms with E-state index < -0.39 is 6.23 Å². The van der Waals surface area contributed by atoms with Crippen LogP contribution in [0.25, 0.3) is 0 Å². The van der Waals surface area contributed by atoms with Crippen molar-refractivity contribution in [1.29, 1.82) is 0 Å². The van der Waals surface area contributed by atoms with Gasteiger partial charge in [-0.3, -0.25) is 5.32 Å². The summed E-state index contributed by atoms with van der Waals surface area (Å²) in [6.07, 6.45) is 4.49. The highest BCUT2D eigenvalue weighted by atomic mass is 16.5. The molecule has 0 heterocycles. The summed E-state index contributed by atoms with van der Waals surface area (Å²) in [5.41, 5.74) is 1.76. The molecule has 1 unspecified atom stereocenters. The Morgan fingerprint density at radius 3 is 2.67 bits per heavy atom. The zero-order valence-electron chi connectivity index (χ0n) is 17.0. The molecule has 6 nitrogen and oxygen atoms in total. The van der Waals surface area contributed by atoms with Crippen LogP contribution in [-0.2, 0) is 4.74 Å². The predicted molar refractivity (Wildman–Crippen MR) is 110 cm³/mol. The average Bonchev–Trinajstić information content (AvgIpc) is 2.69. The fourth-order valence-corrected chi connectivity index (χ4v) is 2.44. The van der Waals surface area contributed by atoms with Crippen LogP contribution in [0.4, 0.5) is 5.69 Å². The SMILES string of the molecule is C=C(OC)/C(=C\C)CNC(O)CNc1ccc(OC)c(OCCCCC)c1. The number of nitrogens with one attached hydrogen (secondary N) is 2. The summed E-state index contributed by atoms with van der Waals surface area (Å²) in [5, 5.41) is 16.4. The van der Waals surface area contributed by atoms with Gasteiger partial charge >= 0.3 is 0 Å². The number of allylic oxidation sites excluding steroid dienone is 1. The highest BCUT2D eigenvalue weighted by Crippen LogP contribution is 2.30. The van der Waals surface area contributed by atoms with E-state index in [1.807, 2.05) is 31.2 Å². The summed E-state index contributed by atoms with van der Waals surface area (Å²) in [6, 6.07) is 5.65. The van der Waals surface area contributed by atoms with Crippen molar-refractivity contribution < 1.29 is 19.3 Å². The van der Waals surface area contributed by atoms with E-state index in [1.54, 1.807) is 14.2 Å². The minimum absolute atomic E-state index is 0.345. The van der Waals surface area contributed by atoms with Gasteiger partial charge in [-0.2, -0.15) is 0 Å². The van der Waals surface area contributed by atoms with Gasteiger partial charge in [-0.25, -0.2) is 0 Å². The molecule has 0 aliphatic heterocycles. The third-order valence-electron chi connectivity index (χ3n) is 4.15. The number of rotatable bonds is 14. The first-order chi connectivity index (χ1) is 13.0. The topological polar surface area (TPSA) is 72.0 Å². The Kier molecular flexibility index (Phi) is 11.1. The van der Waals surface area contributed by atoms with Gasteiger partial charge in [0.05, 0.1) is 27.4 Å². The third-order valence-corrected chi connectivity index (χ3v) is 4.15. The van der Waals surface area contributed by atoms with Crippen LogP contribution in [0.15, 0.2) is 42.2 Å². The molecule has 0 aliphatic carbocycles.